The van der Waals surface area contributed by atoms with Crippen LogP contribution in [0.15, 0.2) is 0 Å². The monoisotopic (exact) mass is 222 g/mol. The molecule has 0 aromatic rings. The van der Waals surface area contributed by atoms with Gasteiger partial charge >= 0.3 is 0 Å². The third-order valence-electron chi connectivity index (χ3n) is 2.13. The van der Waals surface area contributed by atoms with Crippen molar-refractivity contribution in [3.63, 3.8) is 0 Å². The molecule has 0 atom stereocenters. The second-order valence-corrected chi connectivity index (χ2v) is 3.48. The maximum absolute atomic E-state index is 10.4. The van der Waals surface area contributed by atoms with Crippen molar-refractivity contribution in [3.8, 4) is 0 Å². The molecule has 0 aromatic carbocycles. The predicted octanol–water partition coefficient (Wildman–Crippen LogP) is 1.97. The number of halogens is 1. The Balaban J connectivity index is 0. The van der Waals surface area contributed by atoms with Crippen LogP contribution in [-0.2, 0) is 4.79 Å². The molecule has 0 bridgehead atoms. The summed E-state index contributed by atoms with van der Waals surface area (Å²) in [6.45, 7) is 0.807. The number of hydrogen-bond acceptors (Lipinski definition) is 2. The van der Waals surface area contributed by atoms with Gasteiger partial charge in [0, 0.05) is 6.42 Å². The zero-order valence-electron chi connectivity index (χ0n) is 8.84. The molecule has 0 aliphatic carbocycles. The second-order valence-electron chi connectivity index (χ2n) is 3.48. The van der Waals surface area contributed by atoms with E-state index in [4.69, 9.17) is 11.5 Å². The molecule has 86 valence electrons. The van der Waals surface area contributed by atoms with Crippen LogP contribution in [0.2, 0.25) is 0 Å². The van der Waals surface area contributed by atoms with Gasteiger partial charge in [-0.3, -0.25) is 4.79 Å². The van der Waals surface area contributed by atoms with Gasteiger partial charge in [-0.25, -0.2) is 0 Å². The molecule has 0 spiro atoms. The van der Waals surface area contributed by atoms with E-state index in [1.54, 1.807) is 0 Å². The molecule has 0 aliphatic heterocycles. The highest BCUT2D eigenvalue weighted by Gasteiger charge is 1.94. The summed E-state index contributed by atoms with van der Waals surface area (Å²) < 4.78 is 0. The van der Waals surface area contributed by atoms with Crippen LogP contribution in [0.1, 0.15) is 51.4 Å². The van der Waals surface area contributed by atoms with E-state index in [0.29, 0.717) is 6.42 Å². The predicted molar refractivity (Wildman–Crippen MR) is 62.4 cm³/mol. The van der Waals surface area contributed by atoms with Gasteiger partial charge in [-0.2, -0.15) is 0 Å². The number of carbonyl (C=O) groups excluding carboxylic acids is 1. The van der Waals surface area contributed by atoms with Crippen LogP contribution in [0.3, 0.4) is 0 Å². The Bertz CT molecular complexity index is 131. The molecule has 3 nitrogen and oxygen atoms in total. The zero-order valence-corrected chi connectivity index (χ0v) is 9.65. The number of unbranched alkanes of at least 4 members (excludes halogenated alkanes) is 6. The summed E-state index contributed by atoms with van der Waals surface area (Å²) in [6, 6.07) is 0. The van der Waals surface area contributed by atoms with E-state index in [1.165, 1.54) is 25.7 Å². The van der Waals surface area contributed by atoms with Gasteiger partial charge in [-0.15, -0.1) is 12.4 Å². The maximum Gasteiger partial charge on any atom is 0.217 e. The molecule has 0 heterocycles. The average Bonchev–Trinajstić information content (AvgIpc) is 2.09. The first-order chi connectivity index (χ1) is 6.27. The quantitative estimate of drug-likeness (QED) is 0.586. The molecule has 0 radical (unpaired) electrons. The van der Waals surface area contributed by atoms with Crippen molar-refractivity contribution in [2.45, 2.75) is 51.4 Å². The molecule has 0 rings (SSSR count). The van der Waals surface area contributed by atoms with Crippen LogP contribution >= 0.6 is 12.4 Å². The first-order valence-electron chi connectivity index (χ1n) is 5.25. The van der Waals surface area contributed by atoms with Gasteiger partial charge in [0.2, 0.25) is 5.91 Å². The zero-order chi connectivity index (χ0) is 9.94. The summed E-state index contributed by atoms with van der Waals surface area (Å²) in [4.78, 5) is 10.4. The summed E-state index contributed by atoms with van der Waals surface area (Å²) in [5.74, 6) is -0.178. The number of rotatable bonds is 9. The van der Waals surface area contributed by atoms with Gasteiger partial charge in [-0.05, 0) is 19.4 Å². The van der Waals surface area contributed by atoms with E-state index >= 15 is 0 Å². The van der Waals surface area contributed by atoms with E-state index in [-0.39, 0.29) is 18.3 Å². The van der Waals surface area contributed by atoms with Crippen LogP contribution in [0.4, 0.5) is 0 Å². The Morgan fingerprint density at radius 1 is 0.857 bits per heavy atom. The SMILES string of the molecule is Cl.NCCCCCCCCCC(N)=O. The van der Waals surface area contributed by atoms with Crippen molar-refractivity contribution in [2.24, 2.45) is 11.5 Å². The average molecular weight is 223 g/mol. The van der Waals surface area contributed by atoms with Crippen molar-refractivity contribution in [1.82, 2.24) is 0 Å². The van der Waals surface area contributed by atoms with Crippen molar-refractivity contribution >= 4 is 18.3 Å². The molecule has 0 saturated heterocycles. The summed E-state index contributed by atoms with van der Waals surface area (Å²) in [5, 5.41) is 0. The second kappa shape index (κ2) is 12.7. The van der Waals surface area contributed by atoms with Crippen LogP contribution < -0.4 is 11.5 Å². The van der Waals surface area contributed by atoms with Crippen molar-refractivity contribution < 1.29 is 4.79 Å². The lowest BCUT2D eigenvalue weighted by Gasteiger charge is -1.99. The lowest BCUT2D eigenvalue weighted by atomic mass is 10.1. The van der Waals surface area contributed by atoms with Crippen molar-refractivity contribution in [3.05, 3.63) is 0 Å². The number of primary amides is 1. The van der Waals surface area contributed by atoms with Gasteiger partial charge in [0.25, 0.3) is 0 Å². The fraction of sp³-hybridized carbons (Fsp3) is 0.900. The minimum atomic E-state index is -0.178. The number of carbonyl (C=O) groups is 1. The molecule has 0 aromatic heterocycles. The van der Waals surface area contributed by atoms with Gasteiger partial charge in [0.1, 0.15) is 0 Å². The normalized spacial score (nSPS) is 9.50. The van der Waals surface area contributed by atoms with Crippen LogP contribution in [-0.4, -0.2) is 12.5 Å². The lowest BCUT2D eigenvalue weighted by molar-refractivity contribution is -0.118. The number of hydrogen-bond donors (Lipinski definition) is 2. The van der Waals surface area contributed by atoms with Crippen molar-refractivity contribution in [2.75, 3.05) is 6.54 Å². The van der Waals surface area contributed by atoms with E-state index in [1.807, 2.05) is 0 Å². The standard InChI is InChI=1S/C10H22N2O.ClH/c11-9-7-5-3-1-2-4-6-8-10(12)13;/h1-9,11H2,(H2,12,13);1H. The number of nitrogens with two attached hydrogens (primary N) is 2. The summed E-state index contributed by atoms with van der Waals surface area (Å²) in [5.41, 5.74) is 10.4. The maximum atomic E-state index is 10.4. The Hall–Kier alpha value is -0.280. The number of amides is 1. The van der Waals surface area contributed by atoms with E-state index in [9.17, 15) is 4.79 Å². The fourth-order valence-electron chi connectivity index (χ4n) is 1.33. The Morgan fingerprint density at radius 2 is 1.29 bits per heavy atom. The highest BCUT2D eigenvalue weighted by Crippen LogP contribution is 2.07. The van der Waals surface area contributed by atoms with Gasteiger partial charge in [0.05, 0.1) is 0 Å². The molecule has 0 unspecified atom stereocenters. The van der Waals surface area contributed by atoms with E-state index in [2.05, 4.69) is 0 Å². The molecule has 4 N–H and O–H groups in total. The Morgan fingerprint density at radius 3 is 1.71 bits per heavy atom. The molecular formula is C10H23ClN2O. The van der Waals surface area contributed by atoms with Crippen molar-refractivity contribution in [1.29, 1.82) is 0 Å². The lowest BCUT2D eigenvalue weighted by Crippen LogP contribution is -2.09. The minimum Gasteiger partial charge on any atom is -0.370 e. The molecule has 14 heavy (non-hydrogen) atoms. The van der Waals surface area contributed by atoms with Gasteiger partial charge < -0.3 is 11.5 Å². The van der Waals surface area contributed by atoms with Crippen LogP contribution in [0.5, 0.6) is 0 Å². The Labute approximate surface area is 93.0 Å². The highest BCUT2D eigenvalue weighted by molar-refractivity contribution is 5.85. The molecule has 0 fully saturated rings. The van der Waals surface area contributed by atoms with E-state index in [0.717, 1.165) is 25.8 Å². The molecular weight excluding hydrogens is 200 g/mol. The van der Waals surface area contributed by atoms with Gasteiger partial charge in [-0.1, -0.05) is 32.1 Å². The third-order valence-corrected chi connectivity index (χ3v) is 2.13. The van der Waals surface area contributed by atoms with E-state index < -0.39 is 0 Å². The fourth-order valence-corrected chi connectivity index (χ4v) is 1.33. The van der Waals surface area contributed by atoms with Crippen LogP contribution in [0.25, 0.3) is 0 Å². The smallest absolute Gasteiger partial charge is 0.217 e. The molecule has 0 aliphatic rings. The molecule has 1 amide bonds. The summed E-state index contributed by atoms with van der Waals surface area (Å²) >= 11 is 0. The minimum absolute atomic E-state index is 0. The highest BCUT2D eigenvalue weighted by atomic mass is 35.5. The molecule has 4 heteroatoms. The van der Waals surface area contributed by atoms with Gasteiger partial charge in [0.15, 0.2) is 0 Å². The summed E-state index contributed by atoms with van der Waals surface area (Å²) in [6.07, 6.45) is 8.76. The van der Waals surface area contributed by atoms with Crippen LogP contribution in [0, 0.1) is 0 Å². The third kappa shape index (κ3) is 14.3. The summed E-state index contributed by atoms with van der Waals surface area (Å²) in [7, 11) is 0. The molecule has 0 saturated carbocycles. The largest absolute Gasteiger partial charge is 0.370 e. The first-order valence-corrected chi connectivity index (χ1v) is 5.25. The topological polar surface area (TPSA) is 69.1 Å². The first kappa shape index (κ1) is 16.2. The Kier molecular flexibility index (Phi) is 14.7.